The molecule has 1 aliphatic heterocycles. The largest absolute Gasteiger partial charge is 0.394 e. The molecule has 5 atom stereocenters. The van der Waals surface area contributed by atoms with Crippen LogP contribution in [0.3, 0.4) is 0 Å². The quantitative estimate of drug-likeness (QED) is 0.404. The number of aliphatic hydroxyl groups excluding tert-OH is 4. The Bertz CT molecular complexity index is 525. The van der Waals surface area contributed by atoms with Crippen molar-refractivity contribution in [3.8, 4) is 0 Å². The maximum absolute atomic E-state index is 10.8. The molecule has 1 aromatic carbocycles. The van der Waals surface area contributed by atoms with Crippen LogP contribution in [0.2, 0.25) is 0 Å². The fraction of sp³-hybridized carbons (Fsp3) is 0.538. The monoisotopic (exact) mass is 315 g/mol. The average molecular weight is 315 g/mol. The van der Waals surface area contributed by atoms with Gasteiger partial charge < -0.3 is 29.9 Å². The molecule has 0 radical (unpaired) electrons. The first kappa shape index (κ1) is 16.7. The minimum atomic E-state index is -1.38. The molecule has 0 spiro atoms. The topological polar surface area (TPSA) is 143 Å². The fourth-order valence-electron chi connectivity index (χ4n) is 2.22. The van der Waals surface area contributed by atoms with Crippen molar-refractivity contribution in [3.05, 3.63) is 39.9 Å². The van der Waals surface area contributed by atoms with Crippen LogP contribution in [0, 0.1) is 10.1 Å². The average Bonchev–Trinajstić information content (AvgIpc) is 2.54. The molecule has 1 heterocycles. The molecule has 9 nitrogen and oxygen atoms in total. The minimum Gasteiger partial charge on any atom is -0.394 e. The molecule has 0 saturated carbocycles. The number of non-ortho nitro benzene ring substituents is 1. The summed E-state index contributed by atoms with van der Waals surface area (Å²) in [5.41, 5.74) is 0.130. The number of aliphatic hydroxyl groups is 4. The lowest BCUT2D eigenvalue weighted by Crippen LogP contribution is -2.54. The molecule has 9 heteroatoms. The van der Waals surface area contributed by atoms with Crippen LogP contribution in [0.15, 0.2) is 24.3 Å². The Hall–Kier alpha value is -1.62. The van der Waals surface area contributed by atoms with E-state index in [2.05, 4.69) is 0 Å². The highest BCUT2D eigenvalue weighted by Crippen LogP contribution is 2.32. The van der Waals surface area contributed by atoms with Crippen LogP contribution in [-0.2, 0) is 9.47 Å². The van der Waals surface area contributed by atoms with Gasteiger partial charge in [-0.2, -0.15) is 0 Å². The zero-order chi connectivity index (χ0) is 16.3. The molecule has 0 aromatic heterocycles. The molecule has 2 rings (SSSR count). The number of benzene rings is 1. The highest BCUT2D eigenvalue weighted by atomic mass is 16.7. The Morgan fingerprint density at radius 1 is 1.32 bits per heavy atom. The Morgan fingerprint density at radius 2 is 2.05 bits per heavy atom. The first-order valence-electron chi connectivity index (χ1n) is 6.61. The third kappa shape index (κ3) is 3.40. The van der Waals surface area contributed by atoms with Gasteiger partial charge in [-0.1, -0.05) is 12.1 Å². The summed E-state index contributed by atoms with van der Waals surface area (Å²) in [4.78, 5) is 10.2. The Kier molecular flexibility index (Phi) is 5.40. The van der Waals surface area contributed by atoms with E-state index in [4.69, 9.17) is 14.6 Å². The van der Waals surface area contributed by atoms with E-state index in [0.29, 0.717) is 5.56 Å². The number of hydrogen-bond acceptors (Lipinski definition) is 8. The van der Waals surface area contributed by atoms with Crippen molar-refractivity contribution in [2.75, 3.05) is 13.2 Å². The number of ether oxygens (including phenoxy) is 2. The van der Waals surface area contributed by atoms with Gasteiger partial charge in [0.2, 0.25) is 0 Å². The number of hydrogen-bond donors (Lipinski definition) is 4. The van der Waals surface area contributed by atoms with E-state index in [1.165, 1.54) is 24.3 Å². The summed E-state index contributed by atoms with van der Waals surface area (Å²) < 4.78 is 10.7. The predicted molar refractivity (Wildman–Crippen MR) is 71.8 cm³/mol. The lowest BCUT2D eigenvalue weighted by Gasteiger charge is -2.40. The number of nitro groups is 1. The zero-order valence-electron chi connectivity index (χ0n) is 11.5. The molecule has 1 saturated heterocycles. The maximum Gasteiger partial charge on any atom is 0.269 e. The second kappa shape index (κ2) is 7.09. The lowest BCUT2D eigenvalue weighted by molar-refractivity contribution is -0.385. The summed E-state index contributed by atoms with van der Waals surface area (Å²) >= 11 is 0. The van der Waals surface area contributed by atoms with Gasteiger partial charge in [-0.3, -0.25) is 10.1 Å². The van der Waals surface area contributed by atoms with Crippen molar-refractivity contribution in [2.24, 2.45) is 0 Å². The van der Waals surface area contributed by atoms with Crippen LogP contribution in [0.5, 0.6) is 0 Å². The maximum atomic E-state index is 10.8. The number of nitro benzene ring substituents is 1. The second-order valence-electron chi connectivity index (χ2n) is 4.88. The number of rotatable bonds is 5. The molecule has 1 aromatic rings. The van der Waals surface area contributed by atoms with E-state index >= 15 is 0 Å². The SMILES string of the molecule is O=[N+]([O-])c1cccc(C2O[C@@H]([C@H](O)CO)[C@@H](O)[C@H](CO)O2)c1. The molecule has 0 amide bonds. The molecule has 1 aliphatic rings. The van der Waals surface area contributed by atoms with Crippen LogP contribution in [-0.4, -0.2) is 63.0 Å². The van der Waals surface area contributed by atoms with Gasteiger partial charge in [0.1, 0.15) is 24.4 Å². The first-order valence-corrected chi connectivity index (χ1v) is 6.61. The molecule has 4 N–H and O–H groups in total. The van der Waals surface area contributed by atoms with Gasteiger partial charge in [0.25, 0.3) is 5.69 Å². The van der Waals surface area contributed by atoms with Crippen molar-refractivity contribution in [1.82, 2.24) is 0 Å². The summed E-state index contributed by atoms with van der Waals surface area (Å²) in [6, 6.07) is 5.49. The van der Waals surface area contributed by atoms with Gasteiger partial charge in [0.05, 0.1) is 18.1 Å². The molecule has 122 valence electrons. The van der Waals surface area contributed by atoms with Crippen LogP contribution < -0.4 is 0 Å². The van der Waals surface area contributed by atoms with Crippen molar-refractivity contribution >= 4 is 5.69 Å². The van der Waals surface area contributed by atoms with Crippen LogP contribution in [0.1, 0.15) is 11.9 Å². The summed E-state index contributed by atoms with van der Waals surface area (Å²) in [7, 11) is 0. The molecule has 1 fully saturated rings. The molecule has 0 bridgehead atoms. The third-order valence-electron chi connectivity index (χ3n) is 3.40. The fourth-order valence-corrected chi connectivity index (χ4v) is 2.22. The van der Waals surface area contributed by atoms with Crippen molar-refractivity contribution < 1.29 is 34.8 Å². The summed E-state index contributed by atoms with van der Waals surface area (Å²) in [6.07, 6.45) is -6.09. The van der Waals surface area contributed by atoms with Crippen LogP contribution in [0.4, 0.5) is 5.69 Å². The molecular formula is C13H17NO8. The smallest absolute Gasteiger partial charge is 0.269 e. The standard InChI is InChI=1S/C13H17NO8/c15-5-9(17)12-11(18)10(6-16)21-13(22-12)7-2-1-3-8(4-7)14(19)20/h1-4,9-13,15-18H,5-6H2/t9-,10+,11+,12+,13?/m1/s1. The predicted octanol–water partition coefficient (Wildman–Crippen LogP) is -0.916. The van der Waals surface area contributed by atoms with Crippen LogP contribution in [0.25, 0.3) is 0 Å². The number of nitrogens with zero attached hydrogens (tertiary/aromatic N) is 1. The van der Waals surface area contributed by atoms with E-state index in [-0.39, 0.29) is 5.69 Å². The zero-order valence-corrected chi connectivity index (χ0v) is 11.5. The van der Waals surface area contributed by atoms with E-state index < -0.39 is 48.8 Å². The highest BCUT2D eigenvalue weighted by molar-refractivity contribution is 5.35. The van der Waals surface area contributed by atoms with E-state index in [9.17, 15) is 25.4 Å². The van der Waals surface area contributed by atoms with Gasteiger partial charge >= 0.3 is 0 Å². The van der Waals surface area contributed by atoms with Crippen molar-refractivity contribution in [1.29, 1.82) is 0 Å². The van der Waals surface area contributed by atoms with Gasteiger partial charge in [-0.15, -0.1) is 0 Å². The van der Waals surface area contributed by atoms with Crippen molar-refractivity contribution in [3.63, 3.8) is 0 Å². The van der Waals surface area contributed by atoms with Gasteiger partial charge in [0.15, 0.2) is 6.29 Å². The van der Waals surface area contributed by atoms with E-state index in [1.807, 2.05) is 0 Å². The highest BCUT2D eigenvalue weighted by Gasteiger charge is 2.42. The normalized spacial score (nSPS) is 30.0. The summed E-state index contributed by atoms with van der Waals surface area (Å²) in [6.45, 7) is -1.19. The Labute approximate surface area is 125 Å². The third-order valence-corrected chi connectivity index (χ3v) is 3.40. The summed E-state index contributed by atoms with van der Waals surface area (Å²) in [5.74, 6) is 0. The van der Waals surface area contributed by atoms with Crippen LogP contribution >= 0.6 is 0 Å². The van der Waals surface area contributed by atoms with Crippen molar-refractivity contribution in [2.45, 2.75) is 30.7 Å². The Morgan fingerprint density at radius 3 is 2.64 bits per heavy atom. The van der Waals surface area contributed by atoms with E-state index in [1.54, 1.807) is 0 Å². The minimum absolute atomic E-state index is 0.171. The van der Waals surface area contributed by atoms with Gasteiger partial charge in [0, 0.05) is 17.7 Å². The first-order chi connectivity index (χ1) is 10.5. The Balaban J connectivity index is 2.26. The second-order valence-corrected chi connectivity index (χ2v) is 4.88. The van der Waals surface area contributed by atoms with Gasteiger partial charge in [-0.25, -0.2) is 0 Å². The molecule has 22 heavy (non-hydrogen) atoms. The molecule has 0 aliphatic carbocycles. The summed E-state index contributed by atoms with van der Waals surface area (Å²) in [5, 5.41) is 48.7. The molecular weight excluding hydrogens is 298 g/mol. The van der Waals surface area contributed by atoms with Gasteiger partial charge in [-0.05, 0) is 0 Å². The lowest BCUT2D eigenvalue weighted by atomic mass is 10.0. The van der Waals surface area contributed by atoms with E-state index in [0.717, 1.165) is 0 Å². The molecule has 1 unspecified atom stereocenters.